The van der Waals surface area contributed by atoms with Crippen LogP contribution in [0.25, 0.3) is 0 Å². The Kier molecular flexibility index (Phi) is 2.92. The number of nitrogens with one attached hydrogen (secondary N) is 1. The van der Waals surface area contributed by atoms with Gasteiger partial charge in [-0.3, -0.25) is 0 Å². The number of carboxylic acid groups (broad SMARTS) is 1. The Labute approximate surface area is 98.4 Å². The molecular weight excluding hydrogens is 228 g/mol. The van der Waals surface area contributed by atoms with Crippen molar-refractivity contribution < 1.29 is 9.90 Å². The van der Waals surface area contributed by atoms with Gasteiger partial charge in [0.1, 0.15) is 0 Å². The smallest absolute Gasteiger partial charge is 0.404 e. The predicted octanol–water partition coefficient (Wildman–Crippen LogP) is 2.05. The summed E-state index contributed by atoms with van der Waals surface area (Å²) in [6, 6.07) is 3.67. The standard InChI is InChI=1S/C11H13ClN2O2/c12-10-8-3-2-7(14-11(15)16)5-6(8)1-4-9(10)13/h1,4,7,14H,2-3,5,13H2,(H,15,16). The van der Waals surface area contributed by atoms with Gasteiger partial charge >= 0.3 is 6.09 Å². The first kappa shape index (κ1) is 11.1. The van der Waals surface area contributed by atoms with Crippen LogP contribution in [-0.4, -0.2) is 17.2 Å². The summed E-state index contributed by atoms with van der Waals surface area (Å²) in [6.07, 6.45) is 1.24. The highest BCUT2D eigenvalue weighted by molar-refractivity contribution is 6.34. The number of nitrogens with two attached hydrogens (primary N) is 1. The highest BCUT2D eigenvalue weighted by Gasteiger charge is 2.22. The molecule has 0 saturated carbocycles. The van der Waals surface area contributed by atoms with Crippen molar-refractivity contribution in [2.75, 3.05) is 5.73 Å². The fraction of sp³-hybridized carbons (Fsp3) is 0.364. The van der Waals surface area contributed by atoms with Crippen LogP contribution in [0.5, 0.6) is 0 Å². The van der Waals surface area contributed by atoms with Gasteiger partial charge in [0, 0.05) is 6.04 Å². The minimum atomic E-state index is -0.977. The molecule has 0 heterocycles. The minimum Gasteiger partial charge on any atom is -0.465 e. The maximum absolute atomic E-state index is 10.5. The first-order chi connectivity index (χ1) is 7.58. The molecule has 1 aliphatic carbocycles. The van der Waals surface area contributed by atoms with Crippen molar-refractivity contribution in [2.45, 2.75) is 25.3 Å². The van der Waals surface area contributed by atoms with Crippen LogP contribution < -0.4 is 11.1 Å². The minimum absolute atomic E-state index is 0.0234. The van der Waals surface area contributed by atoms with Gasteiger partial charge in [-0.05, 0) is 36.5 Å². The van der Waals surface area contributed by atoms with Crippen LogP contribution in [0.3, 0.4) is 0 Å². The Morgan fingerprint density at radius 1 is 1.56 bits per heavy atom. The van der Waals surface area contributed by atoms with Crippen LogP contribution in [-0.2, 0) is 12.8 Å². The molecule has 0 spiro atoms. The van der Waals surface area contributed by atoms with Gasteiger partial charge in [0.15, 0.2) is 0 Å². The number of benzene rings is 1. The zero-order valence-corrected chi connectivity index (χ0v) is 9.42. The number of hydrogen-bond donors (Lipinski definition) is 3. The summed E-state index contributed by atoms with van der Waals surface area (Å²) in [7, 11) is 0. The van der Waals surface area contributed by atoms with E-state index in [9.17, 15) is 4.79 Å². The molecular formula is C11H13ClN2O2. The molecule has 0 aromatic heterocycles. The summed E-state index contributed by atoms with van der Waals surface area (Å²) in [5.41, 5.74) is 8.45. The molecule has 16 heavy (non-hydrogen) atoms. The Morgan fingerprint density at radius 3 is 3.00 bits per heavy atom. The summed E-state index contributed by atoms with van der Waals surface area (Å²) in [5.74, 6) is 0. The van der Waals surface area contributed by atoms with Crippen molar-refractivity contribution in [3.8, 4) is 0 Å². The van der Waals surface area contributed by atoms with E-state index in [1.165, 1.54) is 0 Å². The number of fused-ring (bicyclic) bond motifs is 1. The third-order valence-corrected chi connectivity index (χ3v) is 3.35. The molecule has 0 aliphatic heterocycles. The Balaban J connectivity index is 2.22. The molecule has 5 heteroatoms. The summed E-state index contributed by atoms with van der Waals surface area (Å²) < 4.78 is 0. The van der Waals surface area contributed by atoms with Gasteiger partial charge < -0.3 is 16.2 Å². The van der Waals surface area contributed by atoms with Gasteiger partial charge in [0.05, 0.1) is 10.7 Å². The van der Waals surface area contributed by atoms with Gasteiger partial charge in [-0.2, -0.15) is 0 Å². The average molecular weight is 241 g/mol. The Bertz CT molecular complexity index is 434. The number of rotatable bonds is 1. The van der Waals surface area contributed by atoms with E-state index in [0.29, 0.717) is 17.1 Å². The normalized spacial score (nSPS) is 18.9. The quantitative estimate of drug-likeness (QED) is 0.658. The largest absolute Gasteiger partial charge is 0.465 e. The first-order valence-corrected chi connectivity index (χ1v) is 5.51. The van der Waals surface area contributed by atoms with Crippen LogP contribution in [0, 0.1) is 0 Å². The van der Waals surface area contributed by atoms with Crippen LogP contribution in [0.15, 0.2) is 12.1 Å². The maximum Gasteiger partial charge on any atom is 0.404 e. The second kappa shape index (κ2) is 4.22. The molecule has 1 atom stereocenters. The topological polar surface area (TPSA) is 75.3 Å². The van der Waals surface area contributed by atoms with Crippen molar-refractivity contribution in [1.29, 1.82) is 0 Å². The zero-order chi connectivity index (χ0) is 11.7. The lowest BCUT2D eigenvalue weighted by molar-refractivity contribution is 0.188. The average Bonchev–Trinajstić information content (AvgIpc) is 2.23. The van der Waals surface area contributed by atoms with Gasteiger partial charge in [0.2, 0.25) is 0 Å². The van der Waals surface area contributed by atoms with E-state index in [-0.39, 0.29) is 6.04 Å². The van der Waals surface area contributed by atoms with Gasteiger partial charge in [-0.25, -0.2) is 4.79 Å². The number of halogens is 1. The lowest BCUT2D eigenvalue weighted by atomic mass is 9.88. The van der Waals surface area contributed by atoms with Crippen molar-refractivity contribution in [3.63, 3.8) is 0 Å². The van der Waals surface area contributed by atoms with Crippen LogP contribution in [0.2, 0.25) is 5.02 Å². The number of nitrogen functional groups attached to an aromatic ring is 1. The molecule has 1 amide bonds. The van der Waals surface area contributed by atoms with Crippen LogP contribution in [0.1, 0.15) is 17.5 Å². The second-order valence-electron chi connectivity index (χ2n) is 4.00. The highest BCUT2D eigenvalue weighted by atomic mass is 35.5. The van der Waals surface area contributed by atoms with Crippen molar-refractivity contribution in [2.24, 2.45) is 0 Å². The van der Waals surface area contributed by atoms with Crippen molar-refractivity contribution in [1.82, 2.24) is 5.32 Å². The third-order valence-electron chi connectivity index (χ3n) is 2.91. The molecule has 1 aliphatic rings. The molecule has 4 N–H and O–H groups in total. The summed E-state index contributed by atoms with van der Waals surface area (Å²) in [5, 5.41) is 11.8. The van der Waals surface area contributed by atoms with E-state index in [0.717, 1.165) is 24.0 Å². The molecule has 0 fully saturated rings. The van der Waals surface area contributed by atoms with Crippen LogP contribution in [0.4, 0.5) is 10.5 Å². The van der Waals surface area contributed by atoms with E-state index in [2.05, 4.69) is 5.32 Å². The van der Waals surface area contributed by atoms with E-state index in [1.54, 1.807) is 6.07 Å². The summed E-state index contributed by atoms with van der Waals surface area (Å²) >= 11 is 6.10. The van der Waals surface area contributed by atoms with Gasteiger partial charge in [-0.15, -0.1) is 0 Å². The number of amides is 1. The second-order valence-corrected chi connectivity index (χ2v) is 4.37. The van der Waals surface area contributed by atoms with E-state index in [4.69, 9.17) is 22.4 Å². The molecule has 1 aromatic rings. The van der Waals surface area contributed by atoms with Gasteiger partial charge in [0.25, 0.3) is 0 Å². The van der Waals surface area contributed by atoms with E-state index in [1.807, 2.05) is 6.07 Å². The lowest BCUT2D eigenvalue weighted by Gasteiger charge is -2.25. The zero-order valence-electron chi connectivity index (χ0n) is 8.66. The molecule has 86 valence electrons. The van der Waals surface area contributed by atoms with E-state index < -0.39 is 6.09 Å². The van der Waals surface area contributed by atoms with Crippen molar-refractivity contribution in [3.05, 3.63) is 28.3 Å². The first-order valence-electron chi connectivity index (χ1n) is 5.13. The van der Waals surface area contributed by atoms with E-state index >= 15 is 0 Å². The van der Waals surface area contributed by atoms with Gasteiger partial charge in [-0.1, -0.05) is 17.7 Å². The Hall–Kier alpha value is -1.42. The molecule has 0 bridgehead atoms. The molecule has 4 nitrogen and oxygen atoms in total. The SMILES string of the molecule is Nc1ccc2c(c1Cl)CCC(NC(=O)O)C2. The molecule has 0 saturated heterocycles. The fourth-order valence-corrected chi connectivity index (χ4v) is 2.40. The third kappa shape index (κ3) is 2.07. The molecule has 1 unspecified atom stereocenters. The Morgan fingerprint density at radius 2 is 2.31 bits per heavy atom. The summed E-state index contributed by atoms with van der Waals surface area (Å²) in [6.45, 7) is 0. The monoisotopic (exact) mass is 240 g/mol. The highest BCUT2D eigenvalue weighted by Crippen LogP contribution is 2.32. The molecule has 2 rings (SSSR count). The number of anilines is 1. The molecule has 0 radical (unpaired) electrons. The number of carbonyl (C=O) groups is 1. The van der Waals surface area contributed by atoms with Crippen LogP contribution >= 0.6 is 11.6 Å². The van der Waals surface area contributed by atoms with Crippen molar-refractivity contribution >= 4 is 23.4 Å². The fourth-order valence-electron chi connectivity index (χ4n) is 2.12. The lowest BCUT2D eigenvalue weighted by Crippen LogP contribution is -2.37. The predicted molar refractivity (Wildman–Crippen MR) is 62.8 cm³/mol. The number of hydrogen-bond acceptors (Lipinski definition) is 2. The summed E-state index contributed by atoms with van der Waals surface area (Å²) in [4.78, 5) is 10.5. The maximum atomic E-state index is 10.5. The molecule has 1 aromatic carbocycles.